The van der Waals surface area contributed by atoms with Gasteiger partial charge in [0.1, 0.15) is 24.2 Å². The van der Waals surface area contributed by atoms with E-state index in [0.29, 0.717) is 11.3 Å². The Hall–Kier alpha value is -3.03. The second kappa shape index (κ2) is 4.82. The number of aromatic nitrogens is 4. The molecule has 1 aromatic carbocycles. The Morgan fingerprint density at radius 1 is 1.29 bits per heavy atom. The average Bonchev–Trinajstić information content (AvgIpc) is 2.87. The third-order valence-corrected chi connectivity index (χ3v) is 2.94. The van der Waals surface area contributed by atoms with Crippen molar-refractivity contribution in [3.63, 3.8) is 0 Å². The van der Waals surface area contributed by atoms with Crippen molar-refractivity contribution in [3.05, 3.63) is 52.8 Å². The van der Waals surface area contributed by atoms with Crippen LogP contribution in [0.2, 0.25) is 0 Å². The zero-order chi connectivity index (χ0) is 15.0. The summed E-state index contributed by atoms with van der Waals surface area (Å²) in [6.45, 7) is -0.299. The summed E-state index contributed by atoms with van der Waals surface area (Å²) < 4.78 is 15.2. The monoisotopic (exact) mass is 287 g/mol. The molecule has 0 fully saturated rings. The fraction of sp³-hybridized carbons (Fsp3) is 0.0769. The SMILES string of the molecule is NC(=O)Cn1ncn2nc(-c3ccc(F)cc3)cc2c1=O. The number of hydrogen-bond donors (Lipinski definition) is 1. The van der Waals surface area contributed by atoms with Crippen LogP contribution in [0.15, 0.2) is 41.5 Å². The Bertz CT molecular complexity index is 882. The molecule has 0 radical (unpaired) electrons. The number of hydrogen-bond acceptors (Lipinski definition) is 4. The number of amides is 1. The highest BCUT2D eigenvalue weighted by Gasteiger charge is 2.11. The molecule has 0 saturated carbocycles. The van der Waals surface area contributed by atoms with E-state index in [1.807, 2.05) is 0 Å². The van der Waals surface area contributed by atoms with Crippen molar-refractivity contribution in [2.24, 2.45) is 5.73 Å². The van der Waals surface area contributed by atoms with Crippen molar-refractivity contribution < 1.29 is 9.18 Å². The minimum atomic E-state index is -0.660. The molecule has 0 bridgehead atoms. The van der Waals surface area contributed by atoms with Gasteiger partial charge >= 0.3 is 0 Å². The lowest BCUT2D eigenvalue weighted by Gasteiger charge is -2.00. The fourth-order valence-electron chi connectivity index (χ4n) is 1.96. The molecule has 0 unspecified atom stereocenters. The van der Waals surface area contributed by atoms with E-state index >= 15 is 0 Å². The van der Waals surface area contributed by atoms with Crippen LogP contribution in [-0.4, -0.2) is 25.3 Å². The van der Waals surface area contributed by atoms with Crippen LogP contribution >= 0.6 is 0 Å². The maximum atomic E-state index is 12.9. The van der Waals surface area contributed by atoms with Crippen molar-refractivity contribution in [1.29, 1.82) is 0 Å². The molecule has 0 atom stereocenters. The molecule has 2 aromatic heterocycles. The topological polar surface area (TPSA) is 95.3 Å². The zero-order valence-corrected chi connectivity index (χ0v) is 10.7. The third kappa shape index (κ3) is 2.38. The molecule has 1 amide bonds. The number of carbonyl (C=O) groups excluding carboxylic acids is 1. The van der Waals surface area contributed by atoms with Gasteiger partial charge in [0.25, 0.3) is 5.56 Å². The summed E-state index contributed by atoms with van der Waals surface area (Å²) in [4.78, 5) is 23.0. The second-order valence-corrected chi connectivity index (χ2v) is 4.43. The summed E-state index contributed by atoms with van der Waals surface area (Å²) in [5.74, 6) is -1.01. The molecule has 2 heterocycles. The highest BCUT2D eigenvalue weighted by Crippen LogP contribution is 2.18. The Kier molecular flexibility index (Phi) is 2.98. The highest BCUT2D eigenvalue weighted by molar-refractivity contribution is 5.73. The van der Waals surface area contributed by atoms with Gasteiger partial charge in [-0.15, -0.1) is 0 Å². The molecule has 0 saturated heterocycles. The van der Waals surface area contributed by atoms with Crippen LogP contribution in [0.25, 0.3) is 16.8 Å². The first-order valence-corrected chi connectivity index (χ1v) is 6.04. The lowest BCUT2D eigenvalue weighted by Crippen LogP contribution is -2.30. The number of halogens is 1. The van der Waals surface area contributed by atoms with Gasteiger partial charge in [0.2, 0.25) is 5.91 Å². The fourth-order valence-corrected chi connectivity index (χ4v) is 1.96. The van der Waals surface area contributed by atoms with Gasteiger partial charge in [0.15, 0.2) is 0 Å². The van der Waals surface area contributed by atoms with Gasteiger partial charge in [0, 0.05) is 5.56 Å². The van der Waals surface area contributed by atoms with Gasteiger partial charge < -0.3 is 5.73 Å². The second-order valence-electron chi connectivity index (χ2n) is 4.43. The predicted octanol–water partition coefficient (Wildman–Crippen LogP) is 0.182. The van der Waals surface area contributed by atoms with E-state index in [-0.39, 0.29) is 17.9 Å². The summed E-state index contributed by atoms with van der Waals surface area (Å²) in [5.41, 5.74) is 6.00. The smallest absolute Gasteiger partial charge is 0.293 e. The van der Waals surface area contributed by atoms with Gasteiger partial charge in [0.05, 0.1) is 5.69 Å². The number of fused-ring (bicyclic) bond motifs is 1. The quantitative estimate of drug-likeness (QED) is 0.743. The van der Waals surface area contributed by atoms with E-state index in [4.69, 9.17) is 5.73 Å². The predicted molar refractivity (Wildman–Crippen MR) is 71.8 cm³/mol. The normalized spacial score (nSPS) is 10.9. The average molecular weight is 287 g/mol. The standard InChI is InChI=1S/C13H10FN5O2/c14-9-3-1-8(2-4-9)10-5-11-13(21)18(6-12(15)20)16-7-19(11)17-10/h1-5,7H,6H2,(H2,15,20). The molecule has 21 heavy (non-hydrogen) atoms. The number of rotatable bonds is 3. The van der Waals surface area contributed by atoms with E-state index in [1.165, 1.54) is 23.0 Å². The van der Waals surface area contributed by atoms with Crippen molar-refractivity contribution in [1.82, 2.24) is 19.4 Å². The largest absolute Gasteiger partial charge is 0.368 e. The Morgan fingerprint density at radius 3 is 2.67 bits per heavy atom. The molecule has 0 aliphatic heterocycles. The minimum Gasteiger partial charge on any atom is -0.368 e. The van der Waals surface area contributed by atoms with Crippen LogP contribution in [0.5, 0.6) is 0 Å². The lowest BCUT2D eigenvalue weighted by atomic mass is 10.1. The summed E-state index contributed by atoms with van der Waals surface area (Å²) in [5, 5.41) is 8.01. The first-order valence-electron chi connectivity index (χ1n) is 6.04. The Labute approximate surface area is 117 Å². The maximum Gasteiger partial charge on any atom is 0.293 e. The van der Waals surface area contributed by atoms with Crippen LogP contribution in [0.1, 0.15) is 0 Å². The van der Waals surface area contributed by atoms with Crippen LogP contribution in [0.3, 0.4) is 0 Å². The number of benzene rings is 1. The zero-order valence-electron chi connectivity index (χ0n) is 10.7. The van der Waals surface area contributed by atoms with Gasteiger partial charge in [-0.1, -0.05) is 0 Å². The van der Waals surface area contributed by atoms with Crippen molar-refractivity contribution in [3.8, 4) is 11.3 Å². The number of primary amides is 1. The molecule has 3 rings (SSSR count). The number of carbonyl (C=O) groups is 1. The van der Waals surface area contributed by atoms with E-state index in [0.717, 1.165) is 4.68 Å². The first kappa shape index (κ1) is 13.0. The Balaban J connectivity index is 2.12. The van der Waals surface area contributed by atoms with E-state index in [1.54, 1.807) is 18.2 Å². The summed E-state index contributed by atoms with van der Waals surface area (Å²) in [6, 6.07) is 7.29. The van der Waals surface area contributed by atoms with Crippen LogP contribution in [0.4, 0.5) is 4.39 Å². The molecule has 0 aliphatic carbocycles. The molecule has 7 nitrogen and oxygen atoms in total. The van der Waals surface area contributed by atoms with E-state index < -0.39 is 11.5 Å². The highest BCUT2D eigenvalue weighted by atomic mass is 19.1. The Morgan fingerprint density at radius 2 is 2.00 bits per heavy atom. The molecular weight excluding hydrogens is 277 g/mol. The number of nitrogens with two attached hydrogens (primary N) is 1. The number of nitrogens with zero attached hydrogens (tertiary/aromatic N) is 4. The molecule has 106 valence electrons. The lowest BCUT2D eigenvalue weighted by molar-refractivity contribution is -0.118. The summed E-state index contributed by atoms with van der Waals surface area (Å²) in [6.07, 6.45) is 1.31. The molecule has 2 N–H and O–H groups in total. The van der Waals surface area contributed by atoms with Crippen molar-refractivity contribution in [2.45, 2.75) is 6.54 Å². The van der Waals surface area contributed by atoms with Gasteiger partial charge in [-0.2, -0.15) is 10.2 Å². The molecule has 3 aromatic rings. The van der Waals surface area contributed by atoms with Crippen LogP contribution in [0, 0.1) is 5.82 Å². The molecular formula is C13H10FN5O2. The molecule has 0 aliphatic rings. The van der Waals surface area contributed by atoms with E-state index in [9.17, 15) is 14.0 Å². The van der Waals surface area contributed by atoms with Gasteiger partial charge in [-0.25, -0.2) is 13.6 Å². The summed E-state index contributed by atoms with van der Waals surface area (Å²) in [7, 11) is 0. The van der Waals surface area contributed by atoms with Gasteiger partial charge in [-0.3, -0.25) is 9.59 Å². The first-order chi connectivity index (χ1) is 10.0. The summed E-state index contributed by atoms with van der Waals surface area (Å²) >= 11 is 0. The maximum absolute atomic E-state index is 12.9. The van der Waals surface area contributed by atoms with Gasteiger partial charge in [-0.05, 0) is 30.3 Å². The van der Waals surface area contributed by atoms with Crippen molar-refractivity contribution >= 4 is 11.4 Å². The third-order valence-electron chi connectivity index (χ3n) is 2.94. The van der Waals surface area contributed by atoms with Crippen LogP contribution < -0.4 is 11.3 Å². The molecule has 8 heteroatoms. The van der Waals surface area contributed by atoms with E-state index in [2.05, 4.69) is 10.2 Å². The minimum absolute atomic E-state index is 0.255. The van der Waals surface area contributed by atoms with Crippen molar-refractivity contribution in [2.75, 3.05) is 0 Å². The van der Waals surface area contributed by atoms with Crippen LogP contribution in [-0.2, 0) is 11.3 Å². The molecule has 0 spiro atoms.